The largest absolute Gasteiger partial charge is 0.329 e. The third kappa shape index (κ3) is 2.99. The number of rotatable bonds is 5. The van der Waals surface area contributed by atoms with E-state index in [1.807, 2.05) is 49.4 Å². The number of hydrogen-bond donors (Lipinski definition) is 1. The Morgan fingerprint density at radius 3 is 2.42 bits per heavy atom. The van der Waals surface area contributed by atoms with E-state index in [2.05, 4.69) is 5.32 Å². The van der Waals surface area contributed by atoms with E-state index in [1.54, 1.807) is 29.2 Å². The van der Waals surface area contributed by atoms with Crippen LogP contribution in [0.2, 0.25) is 0 Å². The van der Waals surface area contributed by atoms with Crippen molar-refractivity contribution in [2.75, 3.05) is 16.8 Å². The molecular weight excluding hydrogens is 300 g/mol. The highest BCUT2D eigenvalue weighted by molar-refractivity contribution is 6.10. The molecule has 0 saturated carbocycles. The van der Waals surface area contributed by atoms with Crippen LogP contribution in [-0.4, -0.2) is 18.9 Å². The van der Waals surface area contributed by atoms with Crippen molar-refractivity contribution in [1.82, 2.24) is 0 Å². The molecule has 0 aliphatic heterocycles. The Kier molecular flexibility index (Phi) is 4.57. The number of amides is 2. The van der Waals surface area contributed by atoms with Crippen LogP contribution in [-0.2, 0) is 4.79 Å². The van der Waals surface area contributed by atoms with Gasteiger partial charge < -0.3 is 10.2 Å². The molecule has 0 radical (unpaired) electrons. The van der Waals surface area contributed by atoms with Crippen LogP contribution < -0.4 is 10.2 Å². The first kappa shape index (κ1) is 15.7. The van der Waals surface area contributed by atoms with Gasteiger partial charge in [-0.25, -0.2) is 0 Å². The molecule has 0 bridgehead atoms. The summed E-state index contributed by atoms with van der Waals surface area (Å²) >= 11 is 0. The number of nitrogens with zero attached hydrogens (tertiary/aromatic N) is 1. The molecule has 3 rings (SSSR count). The Balaban J connectivity index is 1.98. The highest BCUT2D eigenvalue weighted by Gasteiger charge is 2.17. The van der Waals surface area contributed by atoms with Crippen LogP contribution in [0.3, 0.4) is 0 Å². The summed E-state index contributed by atoms with van der Waals surface area (Å²) in [5.74, 6) is -0.0634. The zero-order chi connectivity index (χ0) is 16.9. The Hall–Kier alpha value is -3.14. The first-order valence-electron chi connectivity index (χ1n) is 7.84. The number of nitrogens with one attached hydrogen (secondary N) is 1. The van der Waals surface area contributed by atoms with Crippen LogP contribution in [0.15, 0.2) is 66.7 Å². The fraction of sp³-hybridized carbons (Fsp3) is 0.100. The number of hydrogen-bond acceptors (Lipinski definition) is 2. The van der Waals surface area contributed by atoms with Crippen LogP contribution in [0.4, 0.5) is 11.4 Å². The van der Waals surface area contributed by atoms with Gasteiger partial charge in [0.1, 0.15) is 0 Å². The minimum Gasteiger partial charge on any atom is -0.329 e. The smallest absolute Gasteiger partial charge is 0.258 e. The molecule has 3 aromatic rings. The van der Waals surface area contributed by atoms with Gasteiger partial charge in [-0.15, -0.1) is 0 Å². The standard InChI is InChI=1S/C20H18N2O2/c1-2-22(19-9-5-7-15-6-3-4-8-18(15)19)20(24)16-10-12-17(13-11-16)21-14-23/h3-14H,2H2,1H3,(H,21,23). The lowest BCUT2D eigenvalue weighted by atomic mass is 10.1. The van der Waals surface area contributed by atoms with E-state index in [-0.39, 0.29) is 5.91 Å². The molecule has 0 fully saturated rings. The molecule has 0 atom stereocenters. The number of anilines is 2. The van der Waals surface area contributed by atoms with Crippen molar-refractivity contribution < 1.29 is 9.59 Å². The Labute approximate surface area is 140 Å². The van der Waals surface area contributed by atoms with Gasteiger partial charge in [-0.2, -0.15) is 0 Å². The summed E-state index contributed by atoms with van der Waals surface area (Å²) in [5.41, 5.74) is 2.15. The summed E-state index contributed by atoms with van der Waals surface area (Å²) in [4.78, 5) is 25.2. The Morgan fingerprint density at radius 1 is 1.00 bits per heavy atom. The molecule has 0 aliphatic rings. The lowest BCUT2D eigenvalue weighted by molar-refractivity contribution is -0.105. The third-order valence-electron chi connectivity index (χ3n) is 3.98. The summed E-state index contributed by atoms with van der Waals surface area (Å²) in [6.45, 7) is 2.53. The first-order chi connectivity index (χ1) is 11.7. The predicted molar refractivity (Wildman–Crippen MR) is 97.4 cm³/mol. The Bertz CT molecular complexity index is 867. The summed E-state index contributed by atoms with van der Waals surface area (Å²) < 4.78 is 0. The van der Waals surface area contributed by atoms with Crippen molar-refractivity contribution in [2.45, 2.75) is 6.92 Å². The molecule has 0 aromatic heterocycles. The molecule has 0 saturated heterocycles. The number of carbonyl (C=O) groups is 2. The molecule has 2 amide bonds. The van der Waals surface area contributed by atoms with Crippen LogP contribution in [0.5, 0.6) is 0 Å². The second kappa shape index (κ2) is 6.96. The van der Waals surface area contributed by atoms with Crippen LogP contribution in [0.1, 0.15) is 17.3 Å². The molecule has 0 aliphatic carbocycles. The maximum atomic E-state index is 12.9. The van der Waals surface area contributed by atoms with Crippen molar-refractivity contribution in [3.8, 4) is 0 Å². The molecule has 1 N–H and O–H groups in total. The van der Waals surface area contributed by atoms with E-state index in [1.165, 1.54) is 0 Å². The predicted octanol–water partition coefficient (Wildman–Crippen LogP) is 4.07. The number of benzene rings is 3. The number of carbonyl (C=O) groups excluding carboxylic acids is 2. The van der Waals surface area contributed by atoms with Crippen molar-refractivity contribution >= 4 is 34.5 Å². The van der Waals surface area contributed by atoms with Gasteiger partial charge in [-0.05, 0) is 42.6 Å². The SMILES string of the molecule is CCN(C(=O)c1ccc(NC=O)cc1)c1cccc2ccccc12. The monoisotopic (exact) mass is 318 g/mol. The third-order valence-corrected chi connectivity index (χ3v) is 3.98. The molecule has 4 nitrogen and oxygen atoms in total. The molecule has 4 heteroatoms. The first-order valence-corrected chi connectivity index (χ1v) is 7.84. The molecule has 3 aromatic carbocycles. The zero-order valence-electron chi connectivity index (χ0n) is 13.4. The maximum absolute atomic E-state index is 12.9. The zero-order valence-corrected chi connectivity index (χ0v) is 13.4. The van der Waals surface area contributed by atoms with Crippen LogP contribution in [0.25, 0.3) is 10.8 Å². The fourth-order valence-electron chi connectivity index (χ4n) is 2.80. The lowest BCUT2D eigenvalue weighted by Gasteiger charge is -2.23. The quantitative estimate of drug-likeness (QED) is 0.721. The van der Waals surface area contributed by atoms with Crippen LogP contribution >= 0.6 is 0 Å². The minimum atomic E-state index is -0.0634. The highest BCUT2D eigenvalue weighted by atomic mass is 16.2. The second-order valence-electron chi connectivity index (χ2n) is 5.39. The average molecular weight is 318 g/mol. The fourth-order valence-corrected chi connectivity index (χ4v) is 2.80. The van der Waals surface area contributed by atoms with Crippen molar-refractivity contribution in [3.05, 3.63) is 72.3 Å². The number of fused-ring (bicyclic) bond motifs is 1. The average Bonchev–Trinajstić information content (AvgIpc) is 2.63. The molecule has 24 heavy (non-hydrogen) atoms. The molecular formula is C20H18N2O2. The van der Waals surface area contributed by atoms with E-state index < -0.39 is 0 Å². The van der Waals surface area contributed by atoms with E-state index in [9.17, 15) is 9.59 Å². The normalized spacial score (nSPS) is 10.4. The van der Waals surface area contributed by atoms with Gasteiger partial charge >= 0.3 is 0 Å². The van der Waals surface area contributed by atoms with Gasteiger partial charge in [0.15, 0.2) is 0 Å². The lowest BCUT2D eigenvalue weighted by Crippen LogP contribution is -2.30. The summed E-state index contributed by atoms with van der Waals surface area (Å²) in [5, 5.41) is 4.72. The topological polar surface area (TPSA) is 49.4 Å². The molecule has 0 unspecified atom stereocenters. The van der Waals surface area contributed by atoms with E-state index in [0.29, 0.717) is 24.2 Å². The highest BCUT2D eigenvalue weighted by Crippen LogP contribution is 2.28. The summed E-state index contributed by atoms with van der Waals surface area (Å²) in [6.07, 6.45) is 0.616. The van der Waals surface area contributed by atoms with E-state index in [4.69, 9.17) is 0 Å². The van der Waals surface area contributed by atoms with E-state index >= 15 is 0 Å². The summed E-state index contributed by atoms with van der Waals surface area (Å²) in [7, 11) is 0. The van der Waals surface area contributed by atoms with Gasteiger partial charge in [-0.3, -0.25) is 9.59 Å². The van der Waals surface area contributed by atoms with E-state index in [0.717, 1.165) is 16.5 Å². The van der Waals surface area contributed by atoms with Gasteiger partial charge in [0.2, 0.25) is 6.41 Å². The second-order valence-corrected chi connectivity index (χ2v) is 5.39. The van der Waals surface area contributed by atoms with Gasteiger partial charge in [0.05, 0.1) is 5.69 Å². The minimum absolute atomic E-state index is 0.0634. The van der Waals surface area contributed by atoms with Gasteiger partial charge in [0.25, 0.3) is 5.91 Å². The maximum Gasteiger partial charge on any atom is 0.258 e. The van der Waals surface area contributed by atoms with Crippen molar-refractivity contribution in [2.24, 2.45) is 0 Å². The van der Waals surface area contributed by atoms with Crippen LogP contribution in [0, 0.1) is 0 Å². The Morgan fingerprint density at radius 2 is 1.71 bits per heavy atom. The molecule has 120 valence electrons. The van der Waals surface area contributed by atoms with Gasteiger partial charge in [0, 0.05) is 23.2 Å². The van der Waals surface area contributed by atoms with Crippen molar-refractivity contribution in [3.63, 3.8) is 0 Å². The molecule has 0 heterocycles. The summed E-state index contributed by atoms with van der Waals surface area (Å²) in [6, 6.07) is 20.9. The van der Waals surface area contributed by atoms with Gasteiger partial charge in [-0.1, -0.05) is 36.4 Å². The van der Waals surface area contributed by atoms with Crippen molar-refractivity contribution in [1.29, 1.82) is 0 Å². The molecule has 0 spiro atoms.